The highest BCUT2D eigenvalue weighted by atomic mass is 32.1. The average Bonchev–Trinajstić information content (AvgIpc) is 3.82. The molecule has 9 aromatic carbocycles. The molecule has 0 atom stereocenters. The minimum atomic E-state index is 1.11. The van der Waals surface area contributed by atoms with Crippen molar-refractivity contribution < 1.29 is 0 Å². The minimum absolute atomic E-state index is 1.11. The molecule has 0 aliphatic carbocycles. The summed E-state index contributed by atoms with van der Waals surface area (Å²) < 4.78 is 5.27. The molecule has 11 rings (SSSR count). The van der Waals surface area contributed by atoms with Crippen molar-refractivity contribution in [2.45, 2.75) is 0 Å². The summed E-state index contributed by atoms with van der Waals surface area (Å²) in [5.74, 6) is 0. The van der Waals surface area contributed by atoms with Crippen LogP contribution in [0.5, 0.6) is 0 Å². The van der Waals surface area contributed by atoms with Crippen LogP contribution >= 0.6 is 22.7 Å². The third-order valence-electron chi connectivity index (χ3n) is 10.9. The van der Waals surface area contributed by atoms with Gasteiger partial charge >= 0.3 is 0 Å². The number of anilines is 3. The van der Waals surface area contributed by atoms with Gasteiger partial charge < -0.3 is 4.90 Å². The first-order chi connectivity index (χ1) is 27.2. The number of nitrogens with zero attached hydrogens (tertiary/aromatic N) is 1. The van der Waals surface area contributed by atoms with Gasteiger partial charge in [-0.25, -0.2) is 0 Å². The van der Waals surface area contributed by atoms with Gasteiger partial charge in [-0.15, -0.1) is 22.7 Å². The van der Waals surface area contributed by atoms with Gasteiger partial charge in [0.25, 0.3) is 0 Å². The molecule has 0 aliphatic rings. The summed E-state index contributed by atoms with van der Waals surface area (Å²) in [5, 5.41) is 7.76. The van der Waals surface area contributed by atoms with E-state index in [9.17, 15) is 0 Å². The van der Waals surface area contributed by atoms with Crippen LogP contribution in [0, 0.1) is 0 Å². The third-order valence-corrected chi connectivity index (χ3v) is 13.1. The van der Waals surface area contributed by atoms with Crippen LogP contribution in [0.15, 0.2) is 200 Å². The first-order valence-electron chi connectivity index (χ1n) is 18.7. The number of hydrogen-bond acceptors (Lipinski definition) is 3. The fourth-order valence-corrected chi connectivity index (χ4v) is 10.5. The fourth-order valence-electron chi connectivity index (χ4n) is 8.19. The van der Waals surface area contributed by atoms with Crippen LogP contribution in [0.25, 0.3) is 84.5 Å². The van der Waals surface area contributed by atoms with Crippen LogP contribution in [0.3, 0.4) is 0 Å². The van der Waals surface area contributed by atoms with Crippen molar-refractivity contribution in [1.82, 2.24) is 0 Å². The summed E-state index contributed by atoms with van der Waals surface area (Å²) in [6, 6.07) is 73.5. The second-order valence-electron chi connectivity index (χ2n) is 14.1. The first kappa shape index (κ1) is 32.0. The van der Waals surface area contributed by atoms with E-state index in [-0.39, 0.29) is 0 Å². The SMILES string of the molecule is c1ccc(N(c2ccc(-c3ccc4c(c3)sc3ccccc34)cc2)c2ccccc2-c2ccc3c(c2)sc2ccccc23)c(-c2ccc3ccccc3c2)c1. The van der Waals surface area contributed by atoms with Crippen molar-refractivity contribution in [3.8, 4) is 33.4 Å². The Bertz CT molecular complexity index is 3220. The van der Waals surface area contributed by atoms with Gasteiger partial charge in [-0.3, -0.25) is 0 Å². The van der Waals surface area contributed by atoms with Gasteiger partial charge in [-0.1, -0.05) is 146 Å². The average molecular weight is 736 g/mol. The summed E-state index contributed by atoms with van der Waals surface area (Å²) >= 11 is 3.73. The zero-order valence-electron chi connectivity index (χ0n) is 29.8. The molecule has 0 bridgehead atoms. The predicted octanol–water partition coefficient (Wildman–Crippen LogP) is 16.0. The smallest absolute Gasteiger partial charge is 0.0540 e. The van der Waals surface area contributed by atoms with E-state index in [1.807, 2.05) is 22.7 Å². The first-order valence-corrected chi connectivity index (χ1v) is 20.3. The topological polar surface area (TPSA) is 3.24 Å². The maximum absolute atomic E-state index is 2.45. The van der Waals surface area contributed by atoms with Gasteiger partial charge in [0.1, 0.15) is 0 Å². The van der Waals surface area contributed by atoms with Crippen LogP contribution in [0.4, 0.5) is 17.1 Å². The Morgan fingerprint density at radius 1 is 0.291 bits per heavy atom. The van der Waals surface area contributed by atoms with Crippen LogP contribution in [-0.2, 0) is 0 Å². The molecule has 0 N–H and O–H groups in total. The normalized spacial score (nSPS) is 11.6. The molecule has 0 saturated carbocycles. The molecule has 55 heavy (non-hydrogen) atoms. The number of thiophene rings is 2. The lowest BCUT2D eigenvalue weighted by molar-refractivity contribution is 1.28. The molecule has 11 aromatic rings. The summed E-state index contributed by atoms with van der Waals surface area (Å²) in [4.78, 5) is 2.45. The standard InChI is InChI=1S/C52H33NS2/c1-2-12-36-31-38(22-21-34(36)11-1)41-13-3-7-17-47(41)53(40-27-23-35(24-28-40)37-25-29-45-43-15-5-9-19-49(43)54-51(45)32-37)48-18-8-4-14-42(48)39-26-30-46-44-16-6-10-20-50(44)55-52(46)33-39/h1-33H. The van der Waals surface area contributed by atoms with E-state index < -0.39 is 0 Å². The van der Waals surface area contributed by atoms with Crippen molar-refractivity contribution >= 4 is 90.9 Å². The molecule has 0 fully saturated rings. The van der Waals surface area contributed by atoms with E-state index in [2.05, 4.69) is 205 Å². The molecule has 0 amide bonds. The molecule has 0 aliphatic heterocycles. The van der Waals surface area contributed by atoms with Crippen molar-refractivity contribution in [3.63, 3.8) is 0 Å². The number of rotatable bonds is 6. The highest BCUT2D eigenvalue weighted by molar-refractivity contribution is 7.26. The molecule has 0 saturated heterocycles. The van der Waals surface area contributed by atoms with Gasteiger partial charge in [0.2, 0.25) is 0 Å². The zero-order chi connectivity index (χ0) is 36.3. The van der Waals surface area contributed by atoms with Crippen molar-refractivity contribution in [3.05, 3.63) is 200 Å². The highest BCUT2D eigenvalue weighted by Gasteiger charge is 2.21. The molecule has 0 unspecified atom stereocenters. The molecular formula is C52H33NS2. The Morgan fingerprint density at radius 3 is 1.40 bits per heavy atom. The van der Waals surface area contributed by atoms with Gasteiger partial charge in [-0.2, -0.15) is 0 Å². The summed E-state index contributed by atoms with van der Waals surface area (Å²) in [7, 11) is 0. The van der Waals surface area contributed by atoms with Gasteiger partial charge in [0.05, 0.1) is 11.4 Å². The van der Waals surface area contributed by atoms with Crippen LogP contribution in [0.1, 0.15) is 0 Å². The second-order valence-corrected chi connectivity index (χ2v) is 16.3. The summed E-state index contributed by atoms with van der Waals surface area (Å²) in [6.45, 7) is 0. The van der Waals surface area contributed by atoms with E-state index in [1.54, 1.807) is 0 Å². The summed E-state index contributed by atoms with van der Waals surface area (Å²) in [5.41, 5.74) is 10.6. The molecule has 258 valence electrons. The van der Waals surface area contributed by atoms with Gasteiger partial charge in [0, 0.05) is 57.2 Å². The maximum Gasteiger partial charge on any atom is 0.0540 e. The molecular weight excluding hydrogens is 703 g/mol. The van der Waals surface area contributed by atoms with Crippen molar-refractivity contribution in [1.29, 1.82) is 0 Å². The van der Waals surface area contributed by atoms with Gasteiger partial charge in [0.15, 0.2) is 0 Å². The molecule has 2 aromatic heterocycles. The molecule has 3 heteroatoms. The minimum Gasteiger partial charge on any atom is -0.309 e. The Hall–Kier alpha value is -6.52. The van der Waals surface area contributed by atoms with Crippen LogP contribution < -0.4 is 4.90 Å². The van der Waals surface area contributed by atoms with E-state index in [1.165, 1.54) is 84.5 Å². The predicted molar refractivity (Wildman–Crippen MR) is 241 cm³/mol. The molecule has 2 heterocycles. The lowest BCUT2D eigenvalue weighted by Gasteiger charge is -2.30. The van der Waals surface area contributed by atoms with Crippen LogP contribution in [0.2, 0.25) is 0 Å². The summed E-state index contributed by atoms with van der Waals surface area (Å²) in [6.07, 6.45) is 0. The lowest BCUT2D eigenvalue weighted by atomic mass is 9.96. The van der Waals surface area contributed by atoms with E-state index in [0.717, 1.165) is 17.1 Å². The Labute approximate surface area is 327 Å². The van der Waals surface area contributed by atoms with Crippen molar-refractivity contribution in [2.75, 3.05) is 4.90 Å². The number of fused-ring (bicyclic) bond motifs is 7. The maximum atomic E-state index is 2.45. The Morgan fingerprint density at radius 2 is 0.745 bits per heavy atom. The quantitative estimate of drug-likeness (QED) is 0.164. The number of benzene rings is 9. The largest absolute Gasteiger partial charge is 0.309 e. The third kappa shape index (κ3) is 5.51. The molecule has 1 nitrogen and oxygen atoms in total. The van der Waals surface area contributed by atoms with E-state index in [4.69, 9.17) is 0 Å². The second kappa shape index (κ2) is 13.1. The molecule has 0 radical (unpaired) electrons. The van der Waals surface area contributed by atoms with E-state index >= 15 is 0 Å². The number of para-hydroxylation sites is 2. The van der Waals surface area contributed by atoms with Gasteiger partial charge in [-0.05, 0) is 87.6 Å². The van der Waals surface area contributed by atoms with E-state index in [0.29, 0.717) is 0 Å². The molecule has 0 spiro atoms. The lowest BCUT2D eigenvalue weighted by Crippen LogP contribution is -2.12. The van der Waals surface area contributed by atoms with Crippen LogP contribution in [-0.4, -0.2) is 0 Å². The fraction of sp³-hybridized carbons (Fsp3) is 0. The zero-order valence-corrected chi connectivity index (χ0v) is 31.4. The Kier molecular flexibility index (Phi) is 7.61. The Balaban J connectivity index is 1.08. The number of hydrogen-bond donors (Lipinski definition) is 0. The highest BCUT2D eigenvalue weighted by Crippen LogP contribution is 2.46. The van der Waals surface area contributed by atoms with Crippen molar-refractivity contribution in [2.24, 2.45) is 0 Å². The monoisotopic (exact) mass is 735 g/mol.